The van der Waals surface area contributed by atoms with E-state index < -0.39 is 0 Å². The minimum atomic E-state index is -0.131. The lowest BCUT2D eigenvalue weighted by Gasteiger charge is -2.16. The highest BCUT2D eigenvalue weighted by molar-refractivity contribution is 6.42. The Kier molecular flexibility index (Phi) is 5.91. The van der Waals surface area contributed by atoms with Gasteiger partial charge in [0, 0.05) is 24.8 Å². The van der Waals surface area contributed by atoms with Crippen molar-refractivity contribution < 1.29 is 9.59 Å². The van der Waals surface area contributed by atoms with Gasteiger partial charge in [-0.3, -0.25) is 9.59 Å². The molecule has 5 nitrogen and oxygen atoms in total. The third kappa shape index (κ3) is 4.62. The zero-order valence-corrected chi connectivity index (χ0v) is 14.4. The van der Waals surface area contributed by atoms with E-state index in [2.05, 4.69) is 17.2 Å². The molecule has 23 heavy (non-hydrogen) atoms. The van der Waals surface area contributed by atoms with Crippen LogP contribution in [0.2, 0.25) is 10.0 Å². The number of benzene rings is 1. The van der Waals surface area contributed by atoms with Crippen LogP contribution >= 0.6 is 23.2 Å². The minimum absolute atomic E-state index is 0.0249. The molecule has 1 aromatic rings. The van der Waals surface area contributed by atoms with Crippen molar-refractivity contribution in [1.29, 1.82) is 0 Å². The Morgan fingerprint density at radius 1 is 1.39 bits per heavy atom. The van der Waals surface area contributed by atoms with E-state index in [0.29, 0.717) is 23.1 Å². The summed E-state index contributed by atoms with van der Waals surface area (Å²) in [7, 11) is 0. The number of anilines is 1. The summed E-state index contributed by atoms with van der Waals surface area (Å²) < 4.78 is 0. The van der Waals surface area contributed by atoms with Crippen LogP contribution in [-0.2, 0) is 9.59 Å². The monoisotopic (exact) mass is 355 g/mol. The number of likely N-dealkylation sites (tertiary alicyclic amines) is 1. The maximum absolute atomic E-state index is 12.0. The molecule has 2 rings (SSSR count). The predicted octanol–water partition coefficient (Wildman–Crippen LogP) is 2.62. The first-order valence-corrected chi connectivity index (χ1v) is 8.06. The average molecular weight is 356 g/mol. The second kappa shape index (κ2) is 7.70. The molecule has 1 aromatic carbocycles. The molecule has 1 heterocycles. The number of rotatable bonds is 5. The van der Waals surface area contributed by atoms with Gasteiger partial charge < -0.3 is 15.5 Å². The predicted molar refractivity (Wildman–Crippen MR) is 93.0 cm³/mol. The Bertz CT molecular complexity index is 634. The molecule has 0 radical (unpaired) electrons. The molecule has 1 unspecified atom stereocenters. The van der Waals surface area contributed by atoms with Gasteiger partial charge >= 0.3 is 0 Å². The number of halogens is 2. The standard InChI is InChI=1S/C16H19Cl2N3O2/c1-3-16(23)21-5-4-11(9-21)20-15(22)8-19-14-7-13(18)12(17)6-10(14)2/h3,6-7,11,19H,1,4-5,8-9H2,2H3,(H,20,22). The number of nitrogens with zero attached hydrogens (tertiary/aromatic N) is 1. The highest BCUT2D eigenvalue weighted by Gasteiger charge is 2.25. The molecular weight excluding hydrogens is 337 g/mol. The van der Waals surface area contributed by atoms with E-state index in [1.807, 2.05) is 6.92 Å². The molecule has 124 valence electrons. The fourth-order valence-corrected chi connectivity index (χ4v) is 2.88. The number of amides is 2. The molecule has 1 aliphatic rings. The average Bonchev–Trinajstić information content (AvgIpc) is 2.97. The van der Waals surface area contributed by atoms with Crippen LogP contribution in [0.4, 0.5) is 5.69 Å². The molecule has 0 aliphatic carbocycles. The zero-order chi connectivity index (χ0) is 17.0. The summed E-state index contributed by atoms with van der Waals surface area (Å²) in [6, 6.07) is 3.43. The smallest absolute Gasteiger partial charge is 0.246 e. The Morgan fingerprint density at radius 2 is 2.09 bits per heavy atom. The molecule has 1 atom stereocenters. The van der Waals surface area contributed by atoms with Crippen molar-refractivity contribution in [3.8, 4) is 0 Å². The number of hydrogen-bond acceptors (Lipinski definition) is 3. The molecule has 0 aromatic heterocycles. The van der Waals surface area contributed by atoms with E-state index in [0.717, 1.165) is 17.7 Å². The lowest BCUT2D eigenvalue weighted by Crippen LogP contribution is -2.40. The number of carbonyl (C=O) groups is 2. The molecule has 1 fully saturated rings. The molecule has 7 heteroatoms. The van der Waals surface area contributed by atoms with Gasteiger partial charge in [0.2, 0.25) is 11.8 Å². The highest BCUT2D eigenvalue weighted by Crippen LogP contribution is 2.28. The normalized spacial score (nSPS) is 17.0. The van der Waals surface area contributed by atoms with Crippen molar-refractivity contribution in [2.45, 2.75) is 19.4 Å². The summed E-state index contributed by atoms with van der Waals surface area (Å²) >= 11 is 11.9. The van der Waals surface area contributed by atoms with E-state index in [-0.39, 0.29) is 24.4 Å². The highest BCUT2D eigenvalue weighted by atomic mass is 35.5. The van der Waals surface area contributed by atoms with Crippen LogP contribution in [-0.4, -0.2) is 42.4 Å². The van der Waals surface area contributed by atoms with Crippen molar-refractivity contribution in [2.75, 3.05) is 25.0 Å². The van der Waals surface area contributed by atoms with Crippen molar-refractivity contribution in [3.63, 3.8) is 0 Å². The van der Waals surface area contributed by atoms with Crippen LogP contribution in [0.1, 0.15) is 12.0 Å². The van der Waals surface area contributed by atoms with Gasteiger partial charge in [-0.2, -0.15) is 0 Å². The molecule has 0 spiro atoms. The van der Waals surface area contributed by atoms with Gasteiger partial charge in [-0.15, -0.1) is 0 Å². The van der Waals surface area contributed by atoms with Crippen molar-refractivity contribution in [1.82, 2.24) is 10.2 Å². The number of hydrogen-bond donors (Lipinski definition) is 2. The van der Waals surface area contributed by atoms with Crippen LogP contribution in [0.25, 0.3) is 0 Å². The fraction of sp³-hybridized carbons (Fsp3) is 0.375. The van der Waals surface area contributed by atoms with Gasteiger partial charge in [-0.25, -0.2) is 0 Å². The van der Waals surface area contributed by atoms with Gasteiger partial charge in [0.1, 0.15) is 0 Å². The summed E-state index contributed by atoms with van der Waals surface area (Å²) in [5.41, 5.74) is 1.68. The summed E-state index contributed by atoms with van der Waals surface area (Å²) in [4.78, 5) is 25.2. The van der Waals surface area contributed by atoms with Gasteiger partial charge in [-0.1, -0.05) is 29.8 Å². The van der Waals surface area contributed by atoms with Crippen LogP contribution in [0.5, 0.6) is 0 Å². The van der Waals surface area contributed by atoms with Gasteiger partial charge in [0.05, 0.1) is 16.6 Å². The second-order valence-corrected chi connectivity index (χ2v) is 6.29. The third-order valence-corrected chi connectivity index (χ3v) is 4.47. The third-order valence-electron chi connectivity index (χ3n) is 3.75. The summed E-state index contributed by atoms with van der Waals surface area (Å²) in [5, 5.41) is 6.89. The van der Waals surface area contributed by atoms with Crippen LogP contribution in [0.15, 0.2) is 24.8 Å². The first-order valence-electron chi connectivity index (χ1n) is 7.31. The summed E-state index contributed by atoms with van der Waals surface area (Å²) in [6.07, 6.45) is 2.04. The lowest BCUT2D eigenvalue weighted by atomic mass is 10.2. The molecule has 1 aliphatic heterocycles. The number of nitrogens with one attached hydrogen (secondary N) is 2. The Balaban J connectivity index is 1.83. The van der Waals surface area contributed by atoms with E-state index in [1.54, 1.807) is 17.0 Å². The van der Waals surface area contributed by atoms with E-state index in [1.165, 1.54) is 6.08 Å². The second-order valence-electron chi connectivity index (χ2n) is 5.48. The molecular formula is C16H19Cl2N3O2. The van der Waals surface area contributed by atoms with E-state index >= 15 is 0 Å². The van der Waals surface area contributed by atoms with Crippen LogP contribution < -0.4 is 10.6 Å². The van der Waals surface area contributed by atoms with Gasteiger partial charge in [-0.05, 0) is 37.1 Å². The summed E-state index contributed by atoms with van der Waals surface area (Å²) in [5.74, 6) is -0.236. The lowest BCUT2D eigenvalue weighted by molar-refractivity contribution is -0.125. The Morgan fingerprint density at radius 3 is 2.78 bits per heavy atom. The number of aryl methyl sites for hydroxylation is 1. The molecule has 0 bridgehead atoms. The van der Waals surface area contributed by atoms with Crippen LogP contribution in [0, 0.1) is 6.92 Å². The van der Waals surface area contributed by atoms with Crippen LogP contribution in [0.3, 0.4) is 0 Å². The SMILES string of the molecule is C=CC(=O)N1CCC(NC(=O)CNc2cc(Cl)c(Cl)cc2C)C1. The Labute approximate surface area is 145 Å². The zero-order valence-electron chi connectivity index (χ0n) is 12.9. The molecule has 0 saturated carbocycles. The minimum Gasteiger partial charge on any atom is -0.376 e. The first-order chi connectivity index (χ1) is 10.9. The maximum atomic E-state index is 12.0. The topological polar surface area (TPSA) is 61.4 Å². The van der Waals surface area contributed by atoms with Gasteiger partial charge in [0.25, 0.3) is 0 Å². The van der Waals surface area contributed by atoms with Crippen molar-refractivity contribution in [3.05, 3.63) is 40.4 Å². The molecule has 1 saturated heterocycles. The quantitative estimate of drug-likeness (QED) is 0.798. The first kappa shape index (κ1) is 17.6. The largest absolute Gasteiger partial charge is 0.376 e. The maximum Gasteiger partial charge on any atom is 0.246 e. The summed E-state index contributed by atoms with van der Waals surface area (Å²) in [6.45, 7) is 6.63. The van der Waals surface area contributed by atoms with E-state index in [9.17, 15) is 9.59 Å². The van der Waals surface area contributed by atoms with Crippen molar-refractivity contribution >= 4 is 40.7 Å². The number of carbonyl (C=O) groups excluding carboxylic acids is 2. The van der Waals surface area contributed by atoms with Crippen molar-refractivity contribution in [2.24, 2.45) is 0 Å². The van der Waals surface area contributed by atoms with E-state index in [4.69, 9.17) is 23.2 Å². The molecule has 2 amide bonds. The fourth-order valence-electron chi connectivity index (χ4n) is 2.50. The Hall–Kier alpha value is -1.72. The van der Waals surface area contributed by atoms with Gasteiger partial charge in [0.15, 0.2) is 0 Å². The molecule has 2 N–H and O–H groups in total.